The van der Waals surface area contributed by atoms with E-state index in [1.807, 2.05) is 61.1 Å². The second-order valence-corrected chi connectivity index (χ2v) is 6.29. The number of ether oxygens (including phenoxy) is 1. The Morgan fingerprint density at radius 2 is 2.04 bits per heavy atom. The Labute approximate surface area is 139 Å². The zero-order valence-electron chi connectivity index (χ0n) is 13.4. The van der Waals surface area contributed by atoms with Crippen molar-refractivity contribution in [2.45, 2.75) is 20.8 Å². The monoisotopic (exact) mass is 326 g/mol. The van der Waals surface area contributed by atoms with Crippen LogP contribution in [0.4, 0.5) is 0 Å². The average Bonchev–Trinajstić information content (AvgIpc) is 3.14. The molecule has 0 spiro atoms. The van der Waals surface area contributed by atoms with Crippen molar-refractivity contribution >= 4 is 17.1 Å². The fourth-order valence-electron chi connectivity index (χ4n) is 2.61. The topological polar surface area (TPSA) is 44.1 Å². The number of Topliss-reactive ketones (excluding diaryl/α,β-unsaturated/α-hetero) is 1. The highest BCUT2D eigenvalue weighted by atomic mass is 32.1. The van der Waals surface area contributed by atoms with Crippen LogP contribution in [0.2, 0.25) is 0 Å². The zero-order valence-corrected chi connectivity index (χ0v) is 14.2. The van der Waals surface area contributed by atoms with Crippen molar-refractivity contribution in [2.75, 3.05) is 6.61 Å². The van der Waals surface area contributed by atoms with E-state index in [4.69, 9.17) is 4.74 Å². The van der Waals surface area contributed by atoms with Crippen LogP contribution in [0.3, 0.4) is 0 Å². The molecule has 0 saturated carbocycles. The molecular formula is C18H18N2O2S. The molecule has 2 aromatic heterocycles. The number of nitrogens with zero attached hydrogens (tertiary/aromatic N) is 2. The van der Waals surface area contributed by atoms with Crippen molar-refractivity contribution < 1.29 is 9.53 Å². The Kier molecular flexibility index (Phi) is 4.30. The van der Waals surface area contributed by atoms with Gasteiger partial charge in [0, 0.05) is 28.5 Å². The van der Waals surface area contributed by atoms with Crippen LogP contribution in [0.15, 0.2) is 41.9 Å². The van der Waals surface area contributed by atoms with Crippen LogP contribution >= 0.6 is 11.3 Å². The molecule has 0 amide bonds. The lowest BCUT2D eigenvalue weighted by atomic mass is 10.1. The molecule has 0 bridgehead atoms. The second-order valence-electron chi connectivity index (χ2n) is 5.41. The molecular weight excluding hydrogens is 308 g/mol. The molecule has 0 radical (unpaired) electrons. The Morgan fingerprint density at radius 3 is 2.74 bits per heavy atom. The van der Waals surface area contributed by atoms with Crippen molar-refractivity contribution in [1.29, 1.82) is 0 Å². The summed E-state index contributed by atoms with van der Waals surface area (Å²) < 4.78 is 7.68. The van der Waals surface area contributed by atoms with Gasteiger partial charge in [-0.25, -0.2) is 4.98 Å². The Bertz CT molecular complexity index is 835. The number of hydrogen-bond acceptors (Lipinski definition) is 4. The standard InChI is InChI=1S/C18H18N2O2S/c1-12-6-4-5-7-17(12)22-11-16(21)15-10-13(2)20(14(15)3)18-19-8-9-23-18/h4-10H,11H2,1-3H3. The van der Waals surface area contributed by atoms with Gasteiger partial charge in [0.25, 0.3) is 0 Å². The number of aromatic nitrogens is 2. The fraction of sp³-hybridized carbons (Fsp3) is 0.222. The quantitative estimate of drug-likeness (QED) is 0.662. The second kappa shape index (κ2) is 6.38. The molecule has 0 saturated heterocycles. The van der Waals surface area contributed by atoms with Gasteiger partial charge in [0.2, 0.25) is 5.78 Å². The van der Waals surface area contributed by atoms with E-state index in [2.05, 4.69) is 4.98 Å². The minimum atomic E-state index is -0.0239. The van der Waals surface area contributed by atoms with Gasteiger partial charge in [0.15, 0.2) is 11.7 Å². The molecule has 0 fully saturated rings. The highest BCUT2D eigenvalue weighted by molar-refractivity contribution is 7.12. The lowest BCUT2D eigenvalue weighted by Gasteiger charge is -2.08. The van der Waals surface area contributed by atoms with Crippen molar-refractivity contribution in [3.8, 4) is 10.9 Å². The van der Waals surface area contributed by atoms with E-state index in [9.17, 15) is 4.79 Å². The van der Waals surface area contributed by atoms with E-state index in [0.717, 1.165) is 27.8 Å². The molecule has 0 aliphatic rings. The predicted molar refractivity (Wildman–Crippen MR) is 91.9 cm³/mol. The van der Waals surface area contributed by atoms with E-state index >= 15 is 0 Å². The van der Waals surface area contributed by atoms with Gasteiger partial charge in [-0.1, -0.05) is 18.2 Å². The molecule has 118 valence electrons. The van der Waals surface area contributed by atoms with E-state index in [1.54, 1.807) is 17.5 Å². The number of carbonyl (C=O) groups is 1. The third-order valence-corrected chi connectivity index (χ3v) is 4.55. The molecule has 0 aliphatic heterocycles. The first kappa shape index (κ1) is 15.5. The lowest BCUT2D eigenvalue weighted by molar-refractivity contribution is 0.0920. The number of ketones is 1. The largest absolute Gasteiger partial charge is 0.485 e. The van der Waals surface area contributed by atoms with Crippen LogP contribution < -0.4 is 4.74 Å². The Morgan fingerprint density at radius 1 is 1.26 bits per heavy atom. The van der Waals surface area contributed by atoms with Crippen LogP contribution in [0.25, 0.3) is 5.13 Å². The van der Waals surface area contributed by atoms with Crippen LogP contribution in [-0.2, 0) is 0 Å². The summed E-state index contributed by atoms with van der Waals surface area (Å²) in [4.78, 5) is 16.9. The number of thiazole rings is 1. The molecule has 0 unspecified atom stereocenters. The molecule has 0 aliphatic carbocycles. The number of benzene rings is 1. The average molecular weight is 326 g/mol. The predicted octanol–water partition coefficient (Wildman–Crippen LogP) is 4.12. The van der Waals surface area contributed by atoms with E-state index in [0.29, 0.717) is 5.56 Å². The summed E-state index contributed by atoms with van der Waals surface area (Å²) >= 11 is 1.55. The Hall–Kier alpha value is -2.40. The summed E-state index contributed by atoms with van der Waals surface area (Å²) in [7, 11) is 0. The minimum Gasteiger partial charge on any atom is -0.485 e. The first-order valence-electron chi connectivity index (χ1n) is 7.38. The van der Waals surface area contributed by atoms with Gasteiger partial charge in [-0.3, -0.25) is 9.36 Å². The summed E-state index contributed by atoms with van der Waals surface area (Å²) in [6, 6.07) is 9.60. The number of para-hydroxylation sites is 1. The molecule has 5 heteroatoms. The highest BCUT2D eigenvalue weighted by Crippen LogP contribution is 2.23. The highest BCUT2D eigenvalue weighted by Gasteiger charge is 2.18. The van der Waals surface area contributed by atoms with Crippen LogP contribution in [0.5, 0.6) is 5.75 Å². The molecule has 3 rings (SSSR count). The van der Waals surface area contributed by atoms with Gasteiger partial charge in [-0.2, -0.15) is 0 Å². The van der Waals surface area contributed by atoms with Gasteiger partial charge < -0.3 is 4.74 Å². The van der Waals surface area contributed by atoms with Crippen molar-refractivity contribution in [3.63, 3.8) is 0 Å². The van der Waals surface area contributed by atoms with E-state index in [1.165, 1.54) is 0 Å². The first-order chi connectivity index (χ1) is 11.1. The maximum atomic E-state index is 12.5. The summed E-state index contributed by atoms with van der Waals surface area (Å²) in [6.45, 7) is 5.92. The van der Waals surface area contributed by atoms with Crippen molar-refractivity contribution in [1.82, 2.24) is 9.55 Å². The van der Waals surface area contributed by atoms with Gasteiger partial charge in [-0.05, 0) is 38.5 Å². The molecule has 3 aromatic rings. The van der Waals surface area contributed by atoms with E-state index < -0.39 is 0 Å². The number of carbonyl (C=O) groups excluding carboxylic acids is 1. The van der Waals surface area contributed by atoms with E-state index in [-0.39, 0.29) is 12.4 Å². The van der Waals surface area contributed by atoms with Crippen LogP contribution in [0, 0.1) is 20.8 Å². The molecule has 2 heterocycles. The molecule has 4 nitrogen and oxygen atoms in total. The van der Waals surface area contributed by atoms with Crippen molar-refractivity contribution in [3.05, 3.63) is 64.4 Å². The molecule has 1 aromatic carbocycles. The van der Waals surface area contributed by atoms with Gasteiger partial charge in [0.05, 0.1) is 0 Å². The van der Waals surface area contributed by atoms with Gasteiger partial charge in [0.1, 0.15) is 5.75 Å². The van der Waals surface area contributed by atoms with Crippen LogP contribution in [-0.4, -0.2) is 21.9 Å². The maximum Gasteiger partial charge on any atom is 0.202 e. The third-order valence-electron chi connectivity index (χ3n) is 3.79. The van der Waals surface area contributed by atoms with Crippen LogP contribution in [0.1, 0.15) is 27.3 Å². The van der Waals surface area contributed by atoms with Gasteiger partial charge in [-0.15, -0.1) is 11.3 Å². The smallest absolute Gasteiger partial charge is 0.202 e. The minimum absolute atomic E-state index is 0.0239. The summed E-state index contributed by atoms with van der Waals surface area (Å²) in [5.74, 6) is 0.721. The maximum absolute atomic E-state index is 12.5. The SMILES string of the molecule is Cc1ccccc1OCC(=O)c1cc(C)n(-c2nccs2)c1C. The Balaban J connectivity index is 1.81. The number of aryl methyl sites for hydroxylation is 2. The normalized spacial score (nSPS) is 10.7. The number of hydrogen-bond donors (Lipinski definition) is 0. The fourth-order valence-corrected chi connectivity index (χ4v) is 3.36. The zero-order chi connectivity index (χ0) is 16.4. The molecule has 23 heavy (non-hydrogen) atoms. The van der Waals surface area contributed by atoms with Crippen molar-refractivity contribution in [2.24, 2.45) is 0 Å². The third kappa shape index (κ3) is 3.05. The summed E-state index contributed by atoms with van der Waals surface area (Å²) in [6.07, 6.45) is 1.77. The van der Waals surface area contributed by atoms with Gasteiger partial charge >= 0.3 is 0 Å². The lowest BCUT2D eigenvalue weighted by Crippen LogP contribution is -2.13. The summed E-state index contributed by atoms with van der Waals surface area (Å²) in [5, 5.41) is 2.80. The first-order valence-corrected chi connectivity index (χ1v) is 8.26. The summed E-state index contributed by atoms with van der Waals surface area (Å²) in [5.41, 5.74) is 3.60. The molecule has 0 N–H and O–H groups in total. The molecule has 0 atom stereocenters. The number of rotatable bonds is 5.